The van der Waals surface area contributed by atoms with Crippen LogP contribution in [0.2, 0.25) is 0 Å². The number of hydrogen-bond donors (Lipinski definition) is 1. The Morgan fingerprint density at radius 2 is 2.06 bits per heavy atom. The summed E-state index contributed by atoms with van der Waals surface area (Å²) in [6.07, 6.45) is 7.48. The summed E-state index contributed by atoms with van der Waals surface area (Å²) in [4.78, 5) is 16.5. The van der Waals surface area contributed by atoms with Crippen LogP contribution in [0.5, 0.6) is 5.75 Å². The average Bonchev–Trinajstić information content (AvgIpc) is 3.46. The molecular weight excluding hydrogens is 430 g/mol. The number of imidazole rings is 1. The first kappa shape index (κ1) is 23.7. The van der Waals surface area contributed by atoms with Crippen LogP contribution in [0.15, 0.2) is 58.9 Å². The summed E-state index contributed by atoms with van der Waals surface area (Å²) in [7, 11) is 1.90. The van der Waals surface area contributed by atoms with Gasteiger partial charge >= 0.3 is 0 Å². The van der Waals surface area contributed by atoms with Crippen LogP contribution in [0.25, 0.3) is 11.6 Å². The number of nitrogens with one attached hydrogen (secondary N) is 1. The van der Waals surface area contributed by atoms with Gasteiger partial charge in [0.1, 0.15) is 11.4 Å². The molecule has 0 unspecified atom stereocenters. The quantitative estimate of drug-likeness (QED) is 0.481. The molecule has 0 saturated heterocycles. The summed E-state index contributed by atoms with van der Waals surface area (Å²) in [5.74, 6) is 3.28. The number of aryl methyl sites for hydroxylation is 1. The molecule has 0 fully saturated rings. The molecule has 0 spiro atoms. The Hall–Kier alpha value is -3.42. The highest BCUT2D eigenvalue weighted by Crippen LogP contribution is 2.38. The van der Waals surface area contributed by atoms with Crippen LogP contribution in [0.1, 0.15) is 33.1 Å². The summed E-state index contributed by atoms with van der Waals surface area (Å²) in [5, 5.41) is 11.5. The molecule has 1 aliphatic rings. The molecule has 3 atom stereocenters. The SMILES string of the molecule is CC1=C[C@@H](CNC(=O)COc2ccccc2)[C@H](C(C)C)C[C@H]1Cc1nnc(-c2cncn2C)o1. The van der Waals surface area contributed by atoms with Gasteiger partial charge in [-0.2, -0.15) is 0 Å². The second kappa shape index (κ2) is 10.7. The number of rotatable bonds is 9. The van der Waals surface area contributed by atoms with Gasteiger partial charge < -0.3 is 19.0 Å². The molecule has 1 amide bonds. The lowest BCUT2D eigenvalue weighted by Gasteiger charge is -2.37. The maximum absolute atomic E-state index is 12.4. The molecule has 0 aliphatic heterocycles. The largest absolute Gasteiger partial charge is 0.484 e. The van der Waals surface area contributed by atoms with Crippen molar-refractivity contribution in [2.24, 2.45) is 30.7 Å². The third-order valence-corrected chi connectivity index (χ3v) is 6.66. The minimum atomic E-state index is -0.104. The van der Waals surface area contributed by atoms with E-state index in [1.54, 1.807) is 12.5 Å². The van der Waals surface area contributed by atoms with E-state index in [0.29, 0.717) is 48.3 Å². The highest BCUT2D eigenvalue weighted by Gasteiger charge is 2.32. The molecule has 0 bridgehead atoms. The zero-order valence-electron chi connectivity index (χ0n) is 20.3. The molecule has 2 aromatic heterocycles. The zero-order chi connectivity index (χ0) is 24.1. The number of benzene rings is 1. The van der Waals surface area contributed by atoms with E-state index >= 15 is 0 Å². The fourth-order valence-corrected chi connectivity index (χ4v) is 4.67. The van der Waals surface area contributed by atoms with Crippen LogP contribution in [0, 0.1) is 23.7 Å². The number of carbonyl (C=O) groups is 1. The van der Waals surface area contributed by atoms with Crippen molar-refractivity contribution in [2.75, 3.05) is 13.2 Å². The van der Waals surface area contributed by atoms with Gasteiger partial charge in [0.05, 0.1) is 12.5 Å². The summed E-state index contributed by atoms with van der Waals surface area (Å²) in [5.41, 5.74) is 2.11. The van der Waals surface area contributed by atoms with Crippen molar-refractivity contribution in [2.45, 2.75) is 33.6 Å². The maximum Gasteiger partial charge on any atom is 0.265 e. The lowest BCUT2D eigenvalue weighted by Crippen LogP contribution is -2.38. The predicted molar refractivity (Wildman–Crippen MR) is 129 cm³/mol. The molecule has 0 saturated carbocycles. The van der Waals surface area contributed by atoms with Crippen LogP contribution in [-0.2, 0) is 18.3 Å². The number of allylic oxidation sites excluding steroid dienone is 1. The normalized spacial score (nSPS) is 20.3. The first-order chi connectivity index (χ1) is 16.4. The van der Waals surface area contributed by atoms with Crippen molar-refractivity contribution in [3.63, 3.8) is 0 Å². The smallest absolute Gasteiger partial charge is 0.265 e. The van der Waals surface area contributed by atoms with Gasteiger partial charge in [-0.1, -0.05) is 43.7 Å². The first-order valence-electron chi connectivity index (χ1n) is 11.8. The highest BCUT2D eigenvalue weighted by molar-refractivity contribution is 5.77. The Morgan fingerprint density at radius 1 is 1.26 bits per heavy atom. The molecule has 4 rings (SSSR count). The Labute approximate surface area is 200 Å². The van der Waals surface area contributed by atoms with Gasteiger partial charge in [-0.15, -0.1) is 10.2 Å². The van der Waals surface area contributed by atoms with E-state index in [1.165, 1.54) is 5.57 Å². The molecule has 1 aliphatic carbocycles. The van der Waals surface area contributed by atoms with Crippen molar-refractivity contribution >= 4 is 5.91 Å². The van der Waals surface area contributed by atoms with Crippen molar-refractivity contribution in [1.29, 1.82) is 0 Å². The number of carbonyl (C=O) groups excluding carboxylic acids is 1. The van der Waals surface area contributed by atoms with Gasteiger partial charge in [-0.25, -0.2) is 4.98 Å². The molecule has 3 aromatic rings. The monoisotopic (exact) mass is 463 g/mol. The average molecular weight is 464 g/mol. The van der Waals surface area contributed by atoms with E-state index in [4.69, 9.17) is 9.15 Å². The molecule has 0 radical (unpaired) electrons. The standard InChI is InChI=1S/C26H33N5O3/c1-17(2)22-11-19(12-25-29-30-26(34-25)23-14-27-16-31(23)4)18(3)10-20(22)13-28-24(32)15-33-21-8-6-5-7-9-21/h5-10,14,16-17,19-20,22H,11-13,15H2,1-4H3,(H,28,32)/t19-,20-,22-/m0/s1. The third-order valence-electron chi connectivity index (χ3n) is 6.66. The lowest BCUT2D eigenvalue weighted by atomic mass is 9.70. The van der Waals surface area contributed by atoms with Crippen LogP contribution in [0.4, 0.5) is 0 Å². The van der Waals surface area contributed by atoms with Gasteiger partial charge in [0, 0.05) is 20.0 Å². The van der Waals surface area contributed by atoms with Crippen LogP contribution >= 0.6 is 0 Å². The van der Waals surface area contributed by atoms with Gasteiger partial charge in [0.15, 0.2) is 6.61 Å². The van der Waals surface area contributed by atoms with E-state index < -0.39 is 0 Å². The second-order valence-corrected chi connectivity index (χ2v) is 9.42. The van der Waals surface area contributed by atoms with Crippen molar-refractivity contribution in [3.05, 3.63) is 60.4 Å². The number of amides is 1. The maximum atomic E-state index is 12.4. The summed E-state index contributed by atoms with van der Waals surface area (Å²) < 4.78 is 13.4. The minimum Gasteiger partial charge on any atom is -0.484 e. The van der Waals surface area contributed by atoms with E-state index in [2.05, 4.69) is 47.3 Å². The first-order valence-corrected chi connectivity index (χ1v) is 11.8. The van der Waals surface area contributed by atoms with Crippen LogP contribution < -0.4 is 10.1 Å². The van der Waals surface area contributed by atoms with Crippen LogP contribution in [0.3, 0.4) is 0 Å². The van der Waals surface area contributed by atoms with E-state index in [0.717, 1.165) is 12.1 Å². The number of para-hydroxylation sites is 1. The van der Waals surface area contributed by atoms with E-state index in [-0.39, 0.29) is 18.4 Å². The van der Waals surface area contributed by atoms with Gasteiger partial charge in [0.2, 0.25) is 5.89 Å². The molecule has 180 valence electrons. The molecule has 8 nitrogen and oxygen atoms in total. The number of hydrogen-bond acceptors (Lipinski definition) is 6. The van der Waals surface area contributed by atoms with Crippen molar-refractivity contribution in [3.8, 4) is 17.3 Å². The number of aromatic nitrogens is 4. The molecule has 34 heavy (non-hydrogen) atoms. The summed E-state index contributed by atoms with van der Waals surface area (Å²) >= 11 is 0. The molecule has 1 aromatic carbocycles. The van der Waals surface area contributed by atoms with Gasteiger partial charge in [-0.3, -0.25) is 4.79 Å². The highest BCUT2D eigenvalue weighted by atomic mass is 16.5. The second-order valence-electron chi connectivity index (χ2n) is 9.42. The molecular formula is C26H33N5O3. The van der Waals surface area contributed by atoms with Gasteiger partial charge in [-0.05, 0) is 49.1 Å². The minimum absolute atomic E-state index is 0.0184. The third kappa shape index (κ3) is 5.73. The Bertz CT molecular complexity index is 1120. The zero-order valence-corrected chi connectivity index (χ0v) is 20.3. The summed E-state index contributed by atoms with van der Waals surface area (Å²) in [6.45, 7) is 7.28. The fourth-order valence-electron chi connectivity index (χ4n) is 4.67. The van der Waals surface area contributed by atoms with Crippen molar-refractivity contribution < 1.29 is 13.9 Å². The topological polar surface area (TPSA) is 95.1 Å². The Morgan fingerprint density at radius 3 is 2.76 bits per heavy atom. The predicted octanol–water partition coefficient (Wildman–Crippen LogP) is 4.06. The number of ether oxygens (including phenoxy) is 1. The van der Waals surface area contributed by atoms with Crippen LogP contribution in [-0.4, -0.2) is 38.8 Å². The van der Waals surface area contributed by atoms with E-state index in [9.17, 15) is 4.79 Å². The van der Waals surface area contributed by atoms with Gasteiger partial charge in [0.25, 0.3) is 11.8 Å². The fraction of sp³-hybridized carbons (Fsp3) is 0.462. The van der Waals surface area contributed by atoms with Crippen molar-refractivity contribution in [1.82, 2.24) is 25.1 Å². The summed E-state index contributed by atoms with van der Waals surface area (Å²) in [6, 6.07) is 9.39. The van der Waals surface area contributed by atoms with E-state index in [1.807, 2.05) is 41.9 Å². The molecule has 2 heterocycles. The molecule has 8 heteroatoms. The Balaban J connectivity index is 1.36. The molecule has 1 N–H and O–H groups in total. The Kier molecular flexibility index (Phi) is 7.45. The lowest BCUT2D eigenvalue weighted by molar-refractivity contribution is -0.123. The number of nitrogens with zero attached hydrogens (tertiary/aromatic N) is 4.